The fraction of sp³-hybridized carbons (Fsp3) is 0.133. The van der Waals surface area contributed by atoms with Gasteiger partial charge >= 0.3 is 6.03 Å². The maximum atomic E-state index is 12.6. The Bertz CT molecular complexity index is 661. The summed E-state index contributed by atoms with van der Waals surface area (Å²) in [7, 11) is 0. The first kappa shape index (κ1) is 15.7. The van der Waals surface area contributed by atoms with E-state index in [2.05, 4.69) is 0 Å². The van der Waals surface area contributed by atoms with Gasteiger partial charge in [0.2, 0.25) is 0 Å². The summed E-state index contributed by atoms with van der Waals surface area (Å²) in [4.78, 5) is 12.2. The van der Waals surface area contributed by atoms with E-state index in [1.54, 1.807) is 36.4 Å². The van der Waals surface area contributed by atoms with Gasteiger partial charge in [-0.2, -0.15) is 0 Å². The average molecular weight is 323 g/mol. The van der Waals surface area contributed by atoms with Gasteiger partial charge in [-0.3, -0.25) is 0 Å². The molecule has 110 valence electrons. The summed E-state index contributed by atoms with van der Waals surface area (Å²) in [5.41, 5.74) is 7.90. The number of benzene rings is 2. The van der Waals surface area contributed by atoms with Gasteiger partial charge < -0.3 is 10.3 Å². The SMILES string of the molecule is Cc1ccc([S+]([O-])N(C(N)=O)c2ccc(Cl)cc2)cc1C. The fourth-order valence-corrected chi connectivity index (χ4v) is 3.08. The molecule has 0 heterocycles. The van der Waals surface area contributed by atoms with Crippen molar-refractivity contribution >= 4 is 34.7 Å². The van der Waals surface area contributed by atoms with Crippen LogP contribution in [0.15, 0.2) is 47.4 Å². The maximum Gasteiger partial charge on any atom is 0.361 e. The van der Waals surface area contributed by atoms with Crippen LogP contribution in [0, 0.1) is 13.8 Å². The number of rotatable bonds is 3. The van der Waals surface area contributed by atoms with Gasteiger partial charge in [0.05, 0.1) is 5.69 Å². The number of nitrogens with two attached hydrogens (primary N) is 1. The van der Waals surface area contributed by atoms with Gasteiger partial charge in [0.25, 0.3) is 0 Å². The molecule has 0 saturated carbocycles. The molecular weight excluding hydrogens is 308 g/mol. The second-order valence-electron chi connectivity index (χ2n) is 4.60. The van der Waals surface area contributed by atoms with Gasteiger partial charge in [0, 0.05) is 5.02 Å². The molecule has 21 heavy (non-hydrogen) atoms. The molecule has 0 bridgehead atoms. The third-order valence-corrected chi connectivity index (χ3v) is 4.74. The van der Waals surface area contributed by atoms with Crippen LogP contribution in [0.2, 0.25) is 5.02 Å². The number of hydrogen-bond acceptors (Lipinski definition) is 2. The van der Waals surface area contributed by atoms with E-state index < -0.39 is 17.4 Å². The highest BCUT2D eigenvalue weighted by Gasteiger charge is 2.28. The molecule has 2 aromatic carbocycles. The number of primary amides is 1. The summed E-state index contributed by atoms with van der Waals surface area (Å²) in [5, 5.41) is 0.528. The molecule has 0 aliphatic heterocycles. The van der Waals surface area contributed by atoms with Crippen molar-refractivity contribution in [2.24, 2.45) is 5.73 Å². The molecule has 6 heteroatoms. The van der Waals surface area contributed by atoms with Crippen LogP contribution in [0.3, 0.4) is 0 Å². The number of carbonyl (C=O) groups excluding carboxylic acids is 1. The van der Waals surface area contributed by atoms with Crippen LogP contribution in [-0.4, -0.2) is 10.6 Å². The van der Waals surface area contributed by atoms with Crippen molar-refractivity contribution in [1.82, 2.24) is 0 Å². The number of urea groups is 1. The van der Waals surface area contributed by atoms with Crippen molar-refractivity contribution in [3.05, 3.63) is 58.6 Å². The quantitative estimate of drug-likeness (QED) is 0.878. The summed E-state index contributed by atoms with van der Waals surface area (Å²) >= 11 is 4.11. The lowest BCUT2D eigenvalue weighted by Gasteiger charge is -2.22. The minimum absolute atomic E-state index is 0.434. The molecule has 1 unspecified atom stereocenters. The Morgan fingerprint density at radius 1 is 1.14 bits per heavy atom. The first-order chi connectivity index (χ1) is 9.90. The van der Waals surface area contributed by atoms with Crippen LogP contribution >= 0.6 is 11.6 Å². The van der Waals surface area contributed by atoms with Crippen LogP contribution in [0.25, 0.3) is 0 Å². The third-order valence-electron chi connectivity index (χ3n) is 3.11. The number of amides is 2. The minimum Gasteiger partial charge on any atom is -0.587 e. The number of nitrogens with zero attached hydrogens (tertiary/aromatic N) is 1. The second-order valence-corrected chi connectivity index (χ2v) is 6.38. The van der Waals surface area contributed by atoms with E-state index >= 15 is 0 Å². The van der Waals surface area contributed by atoms with Crippen molar-refractivity contribution in [3.63, 3.8) is 0 Å². The zero-order valence-corrected chi connectivity index (χ0v) is 13.2. The zero-order valence-electron chi connectivity index (χ0n) is 11.7. The highest BCUT2D eigenvalue weighted by molar-refractivity contribution is 7.93. The van der Waals surface area contributed by atoms with Crippen molar-refractivity contribution in [2.45, 2.75) is 18.7 Å². The summed E-state index contributed by atoms with van der Waals surface area (Å²) in [5.74, 6) is 0. The molecule has 0 fully saturated rings. The number of halogens is 1. The van der Waals surface area contributed by atoms with Crippen LogP contribution in [0.4, 0.5) is 10.5 Å². The average Bonchev–Trinajstić information content (AvgIpc) is 2.43. The summed E-state index contributed by atoms with van der Waals surface area (Å²) < 4.78 is 13.7. The Hall–Kier alpha value is -1.69. The molecule has 0 aliphatic rings. The molecule has 2 rings (SSSR count). The van der Waals surface area contributed by atoms with Gasteiger partial charge in [-0.1, -0.05) is 17.7 Å². The minimum atomic E-state index is -1.71. The Morgan fingerprint density at radius 3 is 2.29 bits per heavy atom. The van der Waals surface area contributed by atoms with E-state index in [-0.39, 0.29) is 0 Å². The van der Waals surface area contributed by atoms with Crippen molar-refractivity contribution < 1.29 is 9.35 Å². The molecule has 2 amide bonds. The maximum absolute atomic E-state index is 12.6. The topological polar surface area (TPSA) is 69.4 Å². The standard InChI is InChI=1S/C15H15ClN2O2S/c1-10-3-8-14(9-11(10)2)21(20)18(15(17)19)13-6-4-12(16)5-7-13/h3-9H,1-2H3,(H2,17,19). The van der Waals surface area contributed by atoms with Gasteiger partial charge in [-0.05, 0) is 61.4 Å². The van der Waals surface area contributed by atoms with Crippen LogP contribution in [0.5, 0.6) is 0 Å². The summed E-state index contributed by atoms with van der Waals surface area (Å²) in [6.45, 7) is 3.89. The lowest BCUT2D eigenvalue weighted by Crippen LogP contribution is -2.40. The molecule has 0 saturated heterocycles. The van der Waals surface area contributed by atoms with Crippen LogP contribution in [-0.2, 0) is 11.4 Å². The Balaban J connectivity index is 2.39. The molecule has 1 atom stereocenters. The van der Waals surface area contributed by atoms with E-state index in [9.17, 15) is 9.35 Å². The predicted molar refractivity (Wildman–Crippen MR) is 85.8 cm³/mol. The lowest BCUT2D eigenvalue weighted by atomic mass is 10.1. The van der Waals surface area contributed by atoms with E-state index in [1.165, 1.54) is 0 Å². The Kier molecular flexibility index (Phi) is 4.77. The normalized spacial score (nSPS) is 12.0. The largest absolute Gasteiger partial charge is 0.587 e. The zero-order chi connectivity index (χ0) is 15.6. The second kappa shape index (κ2) is 6.39. The van der Waals surface area contributed by atoms with Crippen molar-refractivity contribution in [2.75, 3.05) is 4.31 Å². The molecule has 0 radical (unpaired) electrons. The van der Waals surface area contributed by atoms with E-state index in [0.29, 0.717) is 15.6 Å². The Labute approximate surface area is 131 Å². The molecule has 2 N–H and O–H groups in total. The summed E-state index contributed by atoms with van der Waals surface area (Å²) in [6.07, 6.45) is 0. The van der Waals surface area contributed by atoms with Crippen molar-refractivity contribution in [3.8, 4) is 0 Å². The highest BCUT2D eigenvalue weighted by Crippen LogP contribution is 2.26. The first-order valence-corrected chi connectivity index (χ1v) is 7.73. The predicted octanol–water partition coefficient (Wildman–Crippen LogP) is 3.56. The molecular formula is C15H15ClN2O2S. The monoisotopic (exact) mass is 322 g/mol. The smallest absolute Gasteiger partial charge is 0.361 e. The van der Waals surface area contributed by atoms with E-state index in [0.717, 1.165) is 15.4 Å². The van der Waals surface area contributed by atoms with E-state index in [1.807, 2.05) is 19.9 Å². The molecule has 0 aromatic heterocycles. The van der Waals surface area contributed by atoms with Gasteiger partial charge in [-0.15, -0.1) is 4.31 Å². The van der Waals surface area contributed by atoms with Crippen LogP contribution < -0.4 is 10.0 Å². The highest BCUT2D eigenvalue weighted by atomic mass is 35.5. The van der Waals surface area contributed by atoms with Gasteiger partial charge in [0.15, 0.2) is 4.90 Å². The molecule has 0 aliphatic carbocycles. The Morgan fingerprint density at radius 2 is 1.76 bits per heavy atom. The molecule has 4 nitrogen and oxygen atoms in total. The van der Waals surface area contributed by atoms with Gasteiger partial charge in [0.1, 0.15) is 11.4 Å². The fourth-order valence-electron chi connectivity index (χ4n) is 1.81. The van der Waals surface area contributed by atoms with Gasteiger partial charge in [-0.25, -0.2) is 4.79 Å². The van der Waals surface area contributed by atoms with E-state index in [4.69, 9.17) is 17.3 Å². The number of carbonyl (C=O) groups is 1. The number of anilines is 1. The molecule has 2 aromatic rings. The first-order valence-electron chi connectivity index (χ1n) is 6.24. The lowest BCUT2D eigenvalue weighted by molar-refractivity contribution is 0.257. The third kappa shape index (κ3) is 3.50. The van der Waals surface area contributed by atoms with Crippen molar-refractivity contribution in [1.29, 1.82) is 0 Å². The number of aryl methyl sites for hydroxylation is 2. The number of hydrogen-bond donors (Lipinski definition) is 1. The molecule has 0 spiro atoms. The summed E-state index contributed by atoms with van der Waals surface area (Å²) in [6, 6.07) is 11.0. The van der Waals surface area contributed by atoms with Crippen LogP contribution in [0.1, 0.15) is 11.1 Å².